The first kappa shape index (κ1) is 13.0. The van der Waals surface area contributed by atoms with Gasteiger partial charge in [-0.15, -0.1) is 11.3 Å². The summed E-state index contributed by atoms with van der Waals surface area (Å²) in [5.74, 6) is -0.897. The summed E-state index contributed by atoms with van der Waals surface area (Å²) in [7, 11) is -3.60. The number of carbonyl (C=O) groups excluding carboxylic acids is 1. The van der Waals surface area contributed by atoms with E-state index in [9.17, 15) is 13.2 Å². The number of hydrogen-bond acceptors (Lipinski definition) is 5. The molecule has 0 bridgehead atoms. The molecule has 0 spiro atoms. The smallest absolute Gasteiger partial charge is 0.252 e. The van der Waals surface area contributed by atoms with Crippen molar-refractivity contribution in [2.75, 3.05) is 13.1 Å². The molecule has 1 aliphatic rings. The molecule has 1 atom stereocenters. The number of rotatable bonds is 3. The molecular weight excluding hydrogens is 274 g/mol. The Morgan fingerprint density at radius 3 is 2.78 bits per heavy atom. The van der Waals surface area contributed by atoms with E-state index in [1.807, 2.05) is 6.07 Å². The van der Waals surface area contributed by atoms with Gasteiger partial charge in [-0.25, -0.2) is 8.42 Å². The molecule has 18 heavy (non-hydrogen) atoms. The highest BCUT2D eigenvalue weighted by molar-refractivity contribution is 7.91. The Morgan fingerprint density at radius 2 is 2.28 bits per heavy atom. The number of thiophene rings is 1. The minimum atomic E-state index is -3.60. The Bertz CT molecular complexity index is 615. The van der Waals surface area contributed by atoms with Crippen LogP contribution < -0.4 is 5.73 Å². The van der Waals surface area contributed by atoms with Crippen LogP contribution in [0.3, 0.4) is 0 Å². The highest BCUT2D eigenvalue weighted by atomic mass is 32.2. The first-order valence-electron chi connectivity index (χ1n) is 5.24. The fraction of sp³-hybridized carbons (Fsp3) is 0.400. The molecule has 0 saturated carbocycles. The molecular formula is C10H11N3O3S2. The summed E-state index contributed by atoms with van der Waals surface area (Å²) in [6.45, 7) is 0.410. The molecule has 0 radical (unpaired) electrons. The van der Waals surface area contributed by atoms with Gasteiger partial charge in [0.15, 0.2) is 0 Å². The van der Waals surface area contributed by atoms with Crippen LogP contribution in [0.5, 0.6) is 0 Å². The van der Waals surface area contributed by atoms with Crippen LogP contribution in [-0.4, -0.2) is 31.7 Å². The Hall–Kier alpha value is -1.43. The monoisotopic (exact) mass is 285 g/mol. The van der Waals surface area contributed by atoms with Crippen LogP contribution in [0.15, 0.2) is 16.3 Å². The molecule has 1 aromatic heterocycles. The lowest BCUT2D eigenvalue weighted by atomic mass is 10.1. The Balaban J connectivity index is 2.23. The van der Waals surface area contributed by atoms with Crippen LogP contribution in [0.25, 0.3) is 0 Å². The van der Waals surface area contributed by atoms with Crippen molar-refractivity contribution in [3.8, 4) is 6.07 Å². The SMILES string of the molecule is N#Cc1ccc(S(=O)(=O)N2CCC(C(N)=O)C2)s1. The highest BCUT2D eigenvalue weighted by Crippen LogP contribution is 2.28. The van der Waals surface area contributed by atoms with Crippen molar-refractivity contribution in [1.29, 1.82) is 5.26 Å². The second-order valence-electron chi connectivity index (χ2n) is 3.98. The number of carbonyl (C=O) groups is 1. The van der Waals surface area contributed by atoms with Crippen molar-refractivity contribution >= 4 is 27.3 Å². The third-order valence-corrected chi connectivity index (χ3v) is 6.16. The zero-order valence-corrected chi connectivity index (χ0v) is 11.0. The van der Waals surface area contributed by atoms with Crippen molar-refractivity contribution < 1.29 is 13.2 Å². The molecule has 1 amide bonds. The van der Waals surface area contributed by atoms with Crippen molar-refractivity contribution in [2.24, 2.45) is 11.7 Å². The summed E-state index contributed by atoms with van der Waals surface area (Å²) in [5.41, 5.74) is 5.17. The molecule has 1 unspecified atom stereocenters. The summed E-state index contributed by atoms with van der Waals surface area (Å²) in [5, 5.41) is 8.69. The molecule has 0 aliphatic carbocycles. The van der Waals surface area contributed by atoms with Crippen LogP contribution in [0.2, 0.25) is 0 Å². The van der Waals surface area contributed by atoms with Crippen LogP contribution in [0, 0.1) is 17.2 Å². The first-order valence-corrected chi connectivity index (χ1v) is 7.50. The third kappa shape index (κ3) is 2.25. The second kappa shape index (κ2) is 4.68. The molecule has 1 aliphatic heterocycles. The maximum Gasteiger partial charge on any atom is 0.252 e. The third-order valence-electron chi connectivity index (χ3n) is 2.84. The summed E-state index contributed by atoms with van der Waals surface area (Å²) in [6.07, 6.45) is 0.449. The lowest BCUT2D eigenvalue weighted by molar-refractivity contribution is -0.121. The molecule has 2 heterocycles. The number of nitrogens with two attached hydrogens (primary N) is 1. The van der Waals surface area contributed by atoms with Gasteiger partial charge in [0.25, 0.3) is 10.0 Å². The summed E-state index contributed by atoms with van der Waals surface area (Å²) in [4.78, 5) is 11.4. The summed E-state index contributed by atoms with van der Waals surface area (Å²) in [6, 6.07) is 4.78. The van der Waals surface area contributed by atoms with Gasteiger partial charge in [0.2, 0.25) is 5.91 Å². The van der Waals surface area contributed by atoms with Gasteiger partial charge < -0.3 is 5.73 Å². The van der Waals surface area contributed by atoms with E-state index in [0.29, 0.717) is 11.3 Å². The molecule has 1 saturated heterocycles. The van der Waals surface area contributed by atoms with E-state index in [0.717, 1.165) is 11.3 Å². The predicted molar refractivity (Wildman–Crippen MR) is 65.1 cm³/mol. The lowest BCUT2D eigenvalue weighted by Gasteiger charge is -2.14. The maximum atomic E-state index is 12.2. The quantitative estimate of drug-likeness (QED) is 0.851. The van der Waals surface area contributed by atoms with E-state index in [1.165, 1.54) is 16.4 Å². The van der Waals surface area contributed by atoms with E-state index in [-0.39, 0.29) is 17.3 Å². The molecule has 6 nitrogen and oxygen atoms in total. The van der Waals surface area contributed by atoms with Crippen molar-refractivity contribution in [1.82, 2.24) is 4.31 Å². The number of nitrogens with zero attached hydrogens (tertiary/aromatic N) is 2. The van der Waals surface area contributed by atoms with E-state index in [1.54, 1.807) is 0 Å². The number of primary amides is 1. The highest BCUT2D eigenvalue weighted by Gasteiger charge is 2.35. The van der Waals surface area contributed by atoms with Gasteiger partial charge in [0.1, 0.15) is 15.2 Å². The fourth-order valence-electron chi connectivity index (χ4n) is 1.82. The van der Waals surface area contributed by atoms with Gasteiger partial charge in [0, 0.05) is 13.1 Å². The van der Waals surface area contributed by atoms with Crippen LogP contribution >= 0.6 is 11.3 Å². The second-order valence-corrected chi connectivity index (χ2v) is 7.23. The summed E-state index contributed by atoms with van der Waals surface area (Å²) >= 11 is 0.929. The zero-order valence-electron chi connectivity index (χ0n) is 9.37. The molecule has 2 rings (SSSR count). The van der Waals surface area contributed by atoms with E-state index in [2.05, 4.69) is 0 Å². The van der Waals surface area contributed by atoms with E-state index < -0.39 is 21.8 Å². The fourth-order valence-corrected chi connectivity index (χ4v) is 4.58. The average Bonchev–Trinajstić information content (AvgIpc) is 2.98. The van der Waals surface area contributed by atoms with Gasteiger partial charge in [-0.3, -0.25) is 4.79 Å². The normalized spacial score (nSPS) is 20.7. The average molecular weight is 285 g/mol. The van der Waals surface area contributed by atoms with Gasteiger partial charge in [-0.2, -0.15) is 9.57 Å². The van der Waals surface area contributed by atoms with E-state index >= 15 is 0 Å². The summed E-state index contributed by atoms with van der Waals surface area (Å²) < 4.78 is 25.8. The van der Waals surface area contributed by atoms with Crippen molar-refractivity contribution in [3.63, 3.8) is 0 Å². The minimum Gasteiger partial charge on any atom is -0.369 e. The zero-order chi connectivity index (χ0) is 13.3. The van der Waals surface area contributed by atoms with Crippen LogP contribution in [0.4, 0.5) is 0 Å². The van der Waals surface area contributed by atoms with Crippen molar-refractivity contribution in [3.05, 3.63) is 17.0 Å². The largest absolute Gasteiger partial charge is 0.369 e. The van der Waals surface area contributed by atoms with Crippen LogP contribution in [-0.2, 0) is 14.8 Å². The Kier molecular flexibility index (Phi) is 3.38. The Morgan fingerprint density at radius 1 is 1.56 bits per heavy atom. The molecule has 8 heteroatoms. The predicted octanol–water partition coefficient (Wildman–Crippen LogP) is 0.116. The van der Waals surface area contributed by atoms with Gasteiger partial charge in [-0.1, -0.05) is 0 Å². The molecule has 96 valence electrons. The van der Waals surface area contributed by atoms with Gasteiger partial charge >= 0.3 is 0 Å². The number of amides is 1. The standard InChI is InChI=1S/C10H11N3O3S2/c11-5-8-1-2-9(17-8)18(15,16)13-4-3-7(6-13)10(12)14/h1-2,7H,3-4,6H2,(H2,12,14). The molecule has 1 fully saturated rings. The van der Waals surface area contributed by atoms with Crippen molar-refractivity contribution in [2.45, 2.75) is 10.6 Å². The Labute approximate surface area is 109 Å². The number of nitriles is 1. The van der Waals surface area contributed by atoms with Gasteiger partial charge in [-0.05, 0) is 18.6 Å². The van der Waals surface area contributed by atoms with Crippen LogP contribution in [0.1, 0.15) is 11.3 Å². The molecule has 1 aromatic rings. The van der Waals surface area contributed by atoms with E-state index in [4.69, 9.17) is 11.0 Å². The maximum absolute atomic E-state index is 12.2. The molecule has 0 aromatic carbocycles. The number of hydrogen-bond donors (Lipinski definition) is 1. The topological polar surface area (TPSA) is 104 Å². The first-order chi connectivity index (χ1) is 8.45. The van der Waals surface area contributed by atoms with Gasteiger partial charge in [0.05, 0.1) is 5.92 Å². The molecule has 2 N–H and O–H groups in total. The lowest BCUT2D eigenvalue weighted by Crippen LogP contribution is -2.31. The number of sulfonamides is 1. The minimum absolute atomic E-state index is 0.122.